The average Bonchev–Trinajstić information content (AvgIpc) is 2.78. The second-order valence-corrected chi connectivity index (χ2v) is 5.18. The molecule has 1 unspecified atom stereocenters. The van der Waals surface area contributed by atoms with Crippen molar-refractivity contribution < 1.29 is 4.42 Å². The highest BCUT2D eigenvalue weighted by atomic mass is 79.9. The number of likely N-dealkylation sites (N-methyl/N-ethyl adjacent to an activating group) is 1. The van der Waals surface area contributed by atoms with Gasteiger partial charge < -0.3 is 9.73 Å². The number of hydrogen-bond donors (Lipinski definition) is 1. The molecule has 1 N–H and O–H groups in total. The number of nitrogens with one attached hydrogen (secondary N) is 1. The van der Waals surface area contributed by atoms with E-state index in [0.717, 1.165) is 33.8 Å². The van der Waals surface area contributed by atoms with E-state index in [1.807, 2.05) is 24.3 Å². The van der Waals surface area contributed by atoms with Gasteiger partial charge in [0.2, 0.25) is 0 Å². The Morgan fingerprint density at radius 3 is 2.72 bits per heavy atom. The molecular formula is C14H15BrClNO. The van der Waals surface area contributed by atoms with Crippen LogP contribution in [0.25, 0.3) is 0 Å². The molecule has 1 aromatic heterocycles. The van der Waals surface area contributed by atoms with Crippen LogP contribution < -0.4 is 5.32 Å². The molecule has 18 heavy (non-hydrogen) atoms. The summed E-state index contributed by atoms with van der Waals surface area (Å²) < 4.78 is 6.08. The lowest BCUT2D eigenvalue weighted by Gasteiger charge is -2.17. The molecule has 1 heterocycles. The quantitative estimate of drug-likeness (QED) is 0.868. The Labute approximate surface area is 120 Å². The van der Waals surface area contributed by atoms with E-state index in [0.29, 0.717) is 0 Å². The van der Waals surface area contributed by atoms with Crippen LogP contribution in [0.5, 0.6) is 0 Å². The molecule has 0 spiro atoms. The van der Waals surface area contributed by atoms with Crippen LogP contribution in [0.4, 0.5) is 0 Å². The van der Waals surface area contributed by atoms with Crippen molar-refractivity contribution in [3.63, 3.8) is 0 Å². The first-order valence-electron chi connectivity index (χ1n) is 5.92. The van der Waals surface area contributed by atoms with Crippen molar-refractivity contribution in [3.05, 3.63) is 57.4 Å². The topological polar surface area (TPSA) is 25.2 Å². The third kappa shape index (κ3) is 3.16. The van der Waals surface area contributed by atoms with Gasteiger partial charge in [-0.25, -0.2) is 0 Å². The molecule has 1 atom stereocenters. The zero-order valence-corrected chi connectivity index (χ0v) is 12.5. The van der Waals surface area contributed by atoms with Crippen LogP contribution in [-0.2, 0) is 6.42 Å². The summed E-state index contributed by atoms with van der Waals surface area (Å²) in [4.78, 5) is 0. The molecule has 0 aliphatic carbocycles. The molecule has 2 nitrogen and oxygen atoms in total. The van der Waals surface area contributed by atoms with Crippen molar-refractivity contribution in [1.82, 2.24) is 5.32 Å². The Morgan fingerprint density at radius 1 is 1.33 bits per heavy atom. The molecule has 0 aliphatic heterocycles. The number of hydrogen-bond acceptors (Lipinski definition) is 2. The smallest absolute Gasteiger partial charge is 0.173 e. The molecule has 0 saturated heterocycles. The number of benzene rings is 1. The Morgan fingerprint density at radius 2 is 2.11 bits per heavy atom. The van der Waals surface area contributed by atoms with Gasteiger partial charge >= 0.3 is 0 Å². The lowest BCUT2D eigenvalue weighted by molar-refractivity contribution is 0.506. The SMILES string of the molecule is CCNC(Cc1ccccc1Cl)c1ccoc1Br. The van der Waals surface area contributed by atoms with Crippen molar-refractivity contribution in [1.29, 1.82) is 0 Å². The summed E-state index contributed by atoms with van der Waals surface area (Å²) >= 11 is 9.64. The van der Waals surface area contributed by atoms with Gasteiger partial charge in [0.05, 0.1) is 6.26 Å². The van der Waals surface area contributed by atoms with Crippen LogP contribution in [0.15, 0.2) is 45.7 Å². The van der Waals surface area contributed by atoms with Crippen LogP contribution >= 0.6 is 27.5 Å². The molecule has 2 aromatic rings. The molecule has 1 aromatic carbocycles. The monoisotopic (exact) mass is 327 g/mol. The van der Waals surface area contributed by atoms with Crippen LogP contribution in [-0.4, -0.2) is 6.54 Å². The van der Waals surface area contributed by atoms with Crippen molar-refractivity contribution in [3.8, 4) is 0 Å². The Bertz CT molecular complexity index is 512. The highest BCUT2D eigenvalue weighted by Gasteiger charge is 2.17. The van der Waals surface area contributed by atoms with Crippen LogP contribution in [0.1, 0.15) is 24.1 Å². The minimum Gasteiger partial charge on any atom is -0.457 e. The minimum absolute atomic E-state index is 0.197. The van der Waals surface area contributed by atoms with Crippen molar-refractivity contribution in [2.24, 2.45) is 0 Å². The highest BCUT2D eigenvalue weighted by Crippen LogP contribution is 2.29. The van der Waals surface area contributed by atoms with Crippen LogP contribution in [0, 0.1) is 0 Å². The van der Waals surface area contributed by atoms with E-state index in [1.165, 1.54) is 0 Å². The second-order valence-electron chi connectivity index (χ2n) is 4.06. The largest absolute Gasteiger partial charge is 0.457 e. The summed E-state index contributed by atoms with van der Waals surface area (Å²) in [6, 6.07) is 10.1. The lowest BCUT2D eigenvalue weighted by atomic mass is 10.0. The first kappa shape index (κ1) is 13.7. The molecule has 0 bridgehead atoms. The predicted molar refractivity (Wildman–Crippen MR) is 78.0 cm³/mol. The Balaban J connectivity index is 2.22. The highest BCUT2D eigenvalue weighted by molar-refractivity contribution is 9.10. The fourth-order valence-electron chi connectivity index (χ4n) is 1.98. The summed E-state index contributed by atoms with van der Waals surface area (Å²) in [6.07, 6.45) is 2.53. The third-order valence-corrected chi connectivity index (χ3v) is 3.87. The van der Waals surface area contributed by atoms with E-state index < -0.39 is 0 Å². The second kappa shape index (κ2) is 6.41. The number of furan rings is 1. The standard InChI is InChI=1S/C14H15BrClNO/c1-2-17-13(11-7-8-18-14(11)15)9-10-5-3-4-6-12(10)16/h3-8,13,17H,2,9H2,1H3. The van der Waals surface area contributed by atoms with Gasteiger partial charge in [-0.1, -0.05) is 36.7 Å². The van der Waals surface area contributed by atoms with Crippen molar-refractivity contribution in [2.75, 3.05) is 6.54 Å². The Kier molecular flexibility index (Phi) is 4.87. The molecule has 2 rings (SSSR count). The maximum atomic E-state index is 6.21. The summed E-state index contributed by atoms with van der Waals surface area (Å²) in [5.41, 5.74) is 2.26. The molecule has 0 saturated carbocycles. The molecule has 0 amide bonds. The van der Waals surface area contributed by atoms with Gasteiger partial charge in [0.15, 0.2) is 4.67 Å². The average molecular weight is 329 g/mol. The molecule has 96 valence electrons. The van der Waals surface area contributed by atoms with Gasteiger partial charge in [-0.2, -0.15) is 0 Å². The first-order valence-corrected chi connectivity index (χ1v) is 7.09. The molecule has 4 heteroatoms. The van der Waals surface area contributed by atoms with Crippen LogP contribution in [0.2, 0.25) is 5.02 Å². The maximum absolute atomic E-state index is 6.21. The minimum atomic E-state index is 0.197. The van der Waals surface area contributed by atoms with E-state index in [2.05, 4.69) is 34.2 Å². The van der Waals surface area contributed by atoms with Crippen molar-refractivity contribution >= 4 is 27.5 Å². The van der Waals surface area contributed by atoms with Gasteiger partial charge in [0.1, 0.15) is 0 Å². The molecular weight excluding hydrogens is 314 g/mol. The molecule has 0 radical (unpaired) electrons. The summed E-state index contributed by atoms with van der Waals surface area (Å²) in [5.74, 6) is 0. The van der Waals surface area contributed by atoms with Gasteiger partial charge in [-0.05, 0) is 46.6 Å². The first-order chi connectivity index (χ1) is 8.72. The Hall–Kier alpha value is -0.770. The normalized spacial score (nSPS) is 12.6. The van der Waals surface area contributed by atoms with Crippen molar-refractivity contribution in [2.45, 2.75) is 19.4 Å². The van der Waals surface area contributed by atoms with Gasteiger partial charge in [-0.3, -0.25) is 0 Å². The van der Waals surface area contributed by atoms with Gasteiger partial charge in [-0.15, -0.1) is 0 Å². The molecule has 0 fully saturated rings. The van der Waals surface area contributed by atoms with Gasteiger partial charge in [0.25, 0.3) is 0 Å². The summed E-state index contributed by atoms with van der Waals surface area (Å²) in [7, 11) is 0. The fourth-order valence-corrected chi connectivity index (χ4v) is 2.71. The molecule has 0 aliphatic rings. The summed E-state index contributed by atoms with van der Waals surface area (Å²) in [5, 5.41) is 4.26. The lowest BCUT2D eigenvalue weighted by Crippen LogP contribution is -2.23. The number of halogens is 2. The zero-order chi connectivity index (χ0) is 13.0. The van der Waals surface area contributed by atoms with E-state index in [4.69, 9.17) is 16.0 Å². The number of rotatable bonds is 5. The summed E-state index contributed by atoms with van der Waals surface area (Å²) in [6.45, 7) is 2.99. The third-order valence-electron chi connectivity index (χ3n) is 2.85. The maximum Gasteiger partial charge on any atom is 0.173 e. The van der Waals surface area contributed by atoms with E-state index in [1.54, 1.807) is 6.26 Å². The fraction of sp³-hybridized carbons (Fsp3) is 0.286. The predicted octanol–water partition coefficient (Wildman–Crippen LogP) is 4.59. The zero-order valence-electron chi connectivity index (χ0n) is 10.1. The van der Waals surface area contributed by atoms with Gasteiger partial charge in [0, 0.05) is 16.6 Å². The van der Waals surface area contributed by atoms with E-state index in [-0.39, 0.29) is 6.04 Å². The van der Waals surface area contributed by atoms with Crippen LogP contribution in [0.3, 0.4) is 0 Å². The van der Waals surface area contributed by atoms with E-state index >= 15 is 0 Å². The van der Waals surface area contributed by atoms with E-state index in [9.17, 15) is 0 Å².